The van der Waals surface area contributed by atoms with E-state index in [1.807, 2.05) is 0 Å². The summed E-state index contributed by atoms with van der Waals surface area (Å²) in [6, 6.07) is 13.3. The molecule has 3 saturated heterocycles. The Labute approximate surface area is 157 Å². The molecule has 4 aliphatic rings. The quantitative estimate of drug-likeness (QED) is 0.861. The molecule has 2 bridgehead atoms. The van der Waals surface area contributed by atoms with Crippen LogP contribution < -0.4 is 4.74 Å². The van der Waals surface area contributed by atoms with Crippen LogP contribution in [0.15, 0.2) is 24.3 Å². The summed E-state index contributed by atoms with van der Waals surface area (Å²) >= 11 is 0. The molecule has 0 amide bonds. The molecule has 3 heterocycles. The lowest BCUT2D eigenvalue weighted by molar-refractivity contribution is -0.360. The summed E-state index contributed by atoms with van der Waals surface area (Å²) in [6.07, 6.45) is 1.69. The maximum absolute atomic E-state index is 10.2. The van der Waals surface area contributed by atoms with E-state index in [0.717, 1.165) is 12.8 Å². The minimum atomic E-state index is -1.84. The molecular weight excluding hydrogens is 344 g/mol. The maximum atomic E-state index is 10.2. The first kappa shape index (κ1) is 17.3. The van der Waals surface area contributed by atoms with Crippen molar-refractivity contribution in [3.63, 3.8) is 0 Å². The predicted molar refractivity (Wildman–Crippen MR) is 92.0 cm³/mol. The van der Waals surface area contributed by atoms with Crippen LogP contribution in [0.1, 0.15) is 37.4 Å². The van der Waals surface area contributed by atoms with Gasteiger partial charge in [-0.05, 0) is 30.5 Å². The minimum absolute atomic E-state index is 0.356. The van der Waals surface area contributed by atoms with E-state index in [-0.39, 0.29) is 5.90 Å². The molecule has 5 rings (SSSR count). The highest BCUT2D eigenvalue weighted by Crippen LogP contribution is 2.69. The number of nitrogens with one attached hydrogen (secondary N) is 1. The van der Waals surface area contributed by atoms with Gasteiger partial charge in [0.1, 0.15) is 11.9 Å². The molecule has 1 N–H and O–H groups in total. The highest BCUT2D eigenvalue weighted by molar-refractivity contribution is 5.89. The standard InChI is InChI=1S/C20H18N4O3/c1-25-14-6-4-5-13(9-14)16-19(12-23)17(24)27-20(26-16)8-3-2-7-15(20)18(19,10-21)11-22/h4-6,9,15-16,24H,2-3,7-8H2,1H3/t15-,16-,19+,20-/m1/s1. The Balaban J connectivity index is 2.00. The van der Waals surface area contributed by atoms with Crippen molar-refractivity contribution in [3.05, 3.63) is 29.8 Å². The molecule has 1 aromatic rings. The van der Waals surface area contributed by atoms with Crippen LogP contribution in [0, 0.1) is 56.2 Å². The zero-order valence-electron chi connectivity index (χ0n) is 14.9. The van der Waals surface area contributed by atoms with Crippen molar-refractivity contribution in [1.29, 1.82) is 21.2 Å². The Hall–Kier alpha value is -3.08. The average molecular weight is 362 g/mol. The predicted octanol–water partition coefficient (Wildman–Crippen LogP) is 3.20. The Kier molecular flexibility index (Phi) is 3.67. The topological polar surface area (TPSA) is 123 Å². The smallest absolute Gasteiger partial charge is 0.218 e. The average Bonchev–Trinajstić information content (AvgIpc) is 2.72. The number of nitriles is 3. The van der Waals surface area contributed by atoms with Gasteiger partial charge in [0, 0.05) is 6.42 Å². The normalized spacial score (nSPS) is 35.7. The van der Waals surface area contributed by atoms with E-state index in [0.29, 0.717) is 24.2 Å². The fraction of sp³-hybridized carbons (Fsp3) is 0.500. The molecule has 4 atom stereocenters. The second-order valence-electron chi connectivity index (χ2n) is 7.27. The molecular formula is C20H18N4O3. The van der Waals surface area contributed by atoms with Gasteiger partial charge in [0.25, 0.3) is 0 Å². The molecule has 1 spiro atoms. The van der Waals surface area contributed by atoms with Gasteiger partial charge < -0.3 is 14.2 Å². The van der Waals surface area contributed by atoms with Crippen molar-refractivity contribution in [1.82, 2.24) is 0 Å². The zero-order valence-corrected chi connectivity index (χ0v) is 14.9. The van der Waals surface area contributed by atoms with Crippen molar-refractivity contribution in [2.75, 3.05) is 7.11 Å². The lowest BCUT2D eigenvalue weighted by atomic mass is 9.48. The zero-order chi connectivity index (χ0) is 19.3. The molecule has 0 unspecified atom stereocenters. The summed E-state index contributed by atoms with van der Waals surface area (Å²) in [4.78, 5) is 0. The largest absolute Gasteiger partial charge is 0.497 e. The number of rotatable bonds is 2. The Morgan fingerprint density at radius 2 is 1.96 bits per heavy atom. The molecule has 1 aliphatic carbocycles. The number of ether oxygens (including phenoxy) is 3. The van der Waals surface area contributed by atoms with Gasteiger partial charge in [0.2, 0.25) is 11.7 Å². The summed E-state index contributed by atoms with van der Waals surface area (Å²) in [5.74, 6) is -1.60. The fourth-order valence-electron chi connectivity index (χ4n) is 4.95. The van der Waals surface area contributed by atoms with Crippen LogP contribution in [0.3, 0.4) is 0 Å². The van der Waals surface area contributed by atoms with Gasteiger partial charge >= 0.3 is 0 Å². The lowest BCUT2D eigenvalue weighted by Crippen LogP contribution is -2.73. The number of hydrogen-bond donors (Lipinski definition) is 1. The maximum Gasteiger partial charge on any atom is 0.218 e. The van der Waals surface area contributed by atoms with Crippen molar-refractivity contribution >= 4 is 5.90 Å². The summed E-state index contributed by atoms with van der Waals surface area (Å²) in [5.41, 5.74) is -2.97. The van der Waals surface area contributed by atoms with Gasteiger partial charge in [-0.1, -0.05) is 18.6 Å². The fourth-order valence-corrected chi connectivity index (χ4v) is 4.95. The molecule has 136 valence electrons. The summed E-state index contributed by atoms with van der Waals surface area (Å²) in [7, 11) is 1.53. The molecule has 27 heavy (non-hydrogen) atoms. The first-order valence-corrected chi connectivity index (χ1v) is 8.87. The van der Waals surface area contributed by atoms with Gasteiger partial charge in [-0.25, -0.2) is 0 Å². The van der Waals surface area contributed by atoms with Crippen LogP contribution in [-0.4, -0.2) is 18.8 Å². The summed E-state index contributed by atoms with van der Waals surface area (Å²) in [5, 5.41) is 39.0. The monoisotopic (exact) mass is 362 g/mol. The van der Waals surface area contributed by atoms with E-state index < -0.39 is 28.6 Å². The van der Waals surface area contributed by atoms with Crippen molar-refractivity contribution < 1.29 is 14.2 Å². The van der Waals surface area contributed by atoms with Crippen molar-refractivity contribution in [2.45, 2.75) is 37.6 Å². The highest BCUT2D eigenvalue weighted by Gasteiger charge is 2.80. The number of nitrogens with zero attached hydrogens (tertiary/aromatic N) is 3. The van der Waals surface area contributed by atoms with Gasteiger partial charge in [-0.3, -0.25) is 5.41 Å². The Morgan fingerprint density at radius 3 is 2.63 bits per heavy atom. The van der Waals surface area contributed by atoms with Crippen LogP contribution in [0.5, 0.6) is 5.75 Å². The molecule has 0 radical (unpaired) electrons. The molecule has 4 fully saturated rings. The summed E-state index contributed by atoms with van der Waals surface area (Å²) in [6.45, 7) is 0. The van der Waals surface area contributed by atoms with E-state index in [1.165, 1.54) is 7.11 Å². The Morgan fingerprint density at radius 1 is 1.19 bits per heavy atom. The van der Waals surface area contributed by atoms with Crippen LogP contribution >= 0.6 is 0 Å². The van der Waals surface area contributed by atoms with Crippen LogP contribution in [0.2, 0.25) is 0 Å². The number of methoxy groups -OCH3 is 1. The molecule has 1 saturated carbocycles. The van der Waals surface area contributed by atoms with Gasteiger partial charge in [0.05, 0.1) is 31.2 Å². The van der Waals surface area contributed by atoms with E-state index in [4.69, 9.17) is 19.6 Å². The van der Waals surface area contributed by atoms with Crippen LogP contribution in [-0.2, 0) is 9.47 Å². The summed E-state index contributed by atoms with van der Waals surface area (Å²) < 4.78 is 17.5. The van der Waals surface area contributed by atoms with Crippen LogP contribution in [0.25, 0.3) is 0 Å². The van der Waals surface area contributed by atoms with E-state index in [1.54, 1.807) is 24.3 Å². The number of fused-ring (bicyclic) bond motifs is 2. The second kappa shape index (κ2) is 5.71. The molecule has 0 aromatic heterocycles. The first-order chi connectivity index (χ1) is 13.0. The van der Waals surface area contributed by atoms with E-state index >= 15 is 0 Å². The lowest BCUT2D eigenvalue weighted by Gasteiger charge is -2.63. The SMILES string of the molecule is COc1cccc([C@H]2O[C@@]34CCCC[C@@H]3C(C#N)(C#N)[C@]2(C#N)C(=N)O4)c1. The Bertz CT molecular complexity index is 926. The third-order valence-corrected chi connectivity index (χ3v) is 6.21. The van der Waals surface area contributed by atoms with Gasteiger partial charge in [0.15, 0.2) is 10.8 Å². The molecule has 7 heteroatoms. The van der Waals surface area contributed by atoms with Crippen molar-refractivity contribution in [2.24, 2.45) is 16.7 Å². The third-order valence-electron chi connectivity index (χ3n) is 6.21. The minimum Gasteiger partial charge on any atom is -0.497 e. The van der Waals surface area contributed by atoms with E-state index in [2.05, 4.69) is 18.2 Å². The molecule has 7 nitrogen and oxygen atoms in total. The number of benzene rings is 1. The number of hydrogen-bond acceptors (Lipinski definition) is 7. The van der Waals surface area contributed by atoms with Crippen LogP contribution in [0.4, 0.5) is 0 Å². The second-order valence-corrected chi connectivity index (χ2v) is 7.27. The van der Waals surface area contributed by atoms with Crippen molar-refractivity contribution in [3.8, 4) is 24.0 Å². The molecule has 1 aromatic carbocycles. The molecule has 3 aliphatic heterocycles. The van der Waals surface area contributed by atoms with Gasteiger partial charge in [-0.2, -0.15) is 15.8 Å². The van der Waals surface area contributed by atoms with Gasteiger partial charge in [-0.15, -0.1) is 0 Å². The van der Waals surface area contributed by atoms with E-state index in [9.17, 15) is 15.8 Å². The highest BCUT2D eigenvalue weighted by atomic mass is 16.7. The third kappa shape index (κ3) is 1.89. The first-order valence-electron chi connectivity index (χ1n) is 8.87.